The van der Waals surface area contributed by atoms with Crippen molar-refractivity contribution in [1.29, 1.82) is 0 Å². The number of carbonyl (C=O) groups is 2. The third-order valence-corrected chi connectivity index (χ3v) is 5.46. The number of hydrogen-bond donors (Lipinski definition) is 0. The Kier molecular flexibility index (Phi) is 16.0. The molecule has 0 saturated heterocycles. The van der Waals surface area contributed by atoms with Crippen molar-refractivity contribution in [2.75, 3.05) is 13.2 Å². The summed E-state index contributed by atoms with van der Waals surface area (Å²) in [6, 6.07) is 0. The fraction of sp³-hybridized carbons (Fsp3) is 0.769. The fourth-order valence-corrected chi connectivity index (χ4v) is 3.49. The summed E-state index contributed by atoms with van der Waals surface area (Å²) in [5, 5.41) is 3.96. The smallest absolute Gasteiger partial charge is 0.357 e. The lowest BCUT2D eigenvalue weighted by Gasteiger charge is -2.09. The van der Waals surface area contributed by atoms with Crippen LogP contribution in [0.2, 0.25) is 0 Å². The second-order valence-corrected chi connectivity index (χ2v) is 9.57. The van der Waals surface area contributed by atoms with Gasteiger partial charge in [-0.25, -0.2) is 19.3 Å². The molecule has 1 aromatic rings. The number of ether oxygens (including phenoxy) is 2. The SMILES string of the molecule is CC(C)CCCCCCCOC(=O)C=C(C(=O)OCCCCCCCC(C)C)n1cncn1. The quantitative estimate of drug-likeness (QED) is 0.138. The zero-order valence-electron chi connectivity index (χ0n) is 21.3. The van der Waals surface area contributed by atoms with E-state index in [1.165, 1.54) is 55.9 Å². The van der Waals surface area contributed by atoms with Gasteiger partial charge in [-0.1, -0.05) is 91.9 Å². The van der Waals surface area contributed by atoms with Gasteiger partial charge in [0, 0.05) is 0 Å². The summed E-state index contributed by atoms with van der Waals surface area (Å²) >= 11 is 0. The van der Waals surface area contributed by atoms with Crippen molar-refractivity contribution in [2.45, 2.75) is 105 Å². The lowest BCUT2D eigenvalue weighted by Crippen LogP contribution is -2.16. The molecule has 33 heavy (non-hydrogen) atoms. The minimum Gasteiger partial charge on any atom is -0.462 e. The molecule has 0 atom stereocenters. The molecule has 0 fully saturated rings. The molecule has 1 rings (SSSR count). The zero-order valence-corrected chi connectivity index (χ0v) is 21.3. The van der Waals surface area contributed by atoms with Crippen LogP contribution in [0, 0.1) is 11.8 Å². The fourth-order valence-electron chi connectivity index (χ4n) is 3.49. The third kappa shape index (κ3) is 15.3. The molecule has 0 aliphatic heterocycles. The van der Waals surface area contributed by atoms with Crippen LogP contribution in [-0.2, 0) is 19.1 Å². The van der Waals surface area contributed by atoms with Gasteiger partial charge in [-0.2, -0.15) is 5.10 Å². The number of carbonyl (C=O) groups excluding carboxylic acids is 2. The van der Waals surface area contributed by atoms with E-state index in [4.69, 9.17) is 9.47 Å². The summed E-state index contributed by atoms with van der Waals surface area (Å²) in [7, 11) is 0. The number of rotatable bonds is 19. The van der Waals surface area contributed by atoms with Crippen LogP contribution in [0.25, 0.3) is 5.70 Å². The zero-order chi connectivity index (χ0) is 24.3. The molecule has 0 N–H and O–H groups in total. The van der Waals surface area contributed by atoms with Gasteiger partial charge in [-0.05, 0) is 24.7 Å². The maximum atomic E-state index is 12.5. The van der Waals surface area contributed by atoms with Crippen molar-refractivity contribution in [2.24, 2.45) is 11.8 Å². The van der Waals surface area contributed by atoms with Gasteiger partial charge < -0.3 is 9.47 Å². The predicted molar refractivity (Wildman–Crippen MR) is 131 cm³/mol. The van der Waals surface area contributed by atoms with E-state index in [9.17, 15) is 9.59 Å². The first-order valence-electron chi connectivity index (χ1n) is 12.8. The number of aromatic nitrogens is 3. The molecule has 0 bridgehead atoms. The summed E-state index contributed by atoms with van der Waals surface area (Å²) in [6.45, 7) is 9.63. The number of esters is 2. The largest absolute Gasteiger partial charge is 0.462 e. The summed E-state index contributed by atoms with van der Waals surface area (Å²) in [5.41, 5.74) is 0.0168. The lowest BCUT2D eigenvalue weighted by molar-refractivity contribution is -0.140. The van der Waals surface area contributed by atoms with Gasteiger partial charge in [0.15, 0.2) is 5.70 Å². The van der Waals surface area contributed by atoms with E-state index in [0.717, 1.165) is 56.4 Å². The maximum absolute atomic E-state index is 12.5. The number of unbranched alkanes of at least 4 members (excludes halogenated alkanes) is 8. The molecule has 7 heteroatoms. The number of hydrogen-bond acceptors (Lipinski definition) is 6. The van der Waals surface area contributed by atoms with Crippen LogP contribution < -0.4 is 0 Å². The van der Waals surface area contributed by atoms with Gasteiger partial charge in [0.05, 0.1) is 19.3 Å². The highest BCUT2D eigenvalue weighted by molar-refractivity contribution is 6.14. The maximum Gasteiger partial charge on any atom is 0.357 e. The van der Waals surface area contributed by atoms with Crippen LogP contribution in [0.4, 0.5) is 0 Å². The molecule has 0 spiro atoms. The first-order valence-corrected chi connectivity index (χ1v) is 12.8. The van der Waals surface area contributed by atoms with E-state index in [2.05, 4.69) is 37.8 Å². The van der Waals surface area contributed by atoms with Gasteiger partial charge in [0.2, 0.25) is 0 Å². The van der Waals surface area contributed by atoms with E-state index in [-0.39, 0.29) is 5.70 Å². The van der Waals surface area contributed by atoms with Crippen LogP contribution in [0.5, 0.6) is 0 Å². The molecule has 0 unspecified atom stereocenters. The van der Waals surface area contributed by atoms with Gasteiger partial charge in [-0.3, -0.25) is 0 Å². The molecule has 1 heterocycles. The van der Waals surface area contributed by atoms with E-state index in [1.54, 1.807) is 0 Å². The van der Waals surface area contributed by atoms with Crippen molar-refractivity contribution in [3.8, 4) is 0 Å². The predicted octanol–water partition coefficient (Wildman–Crippen LogP) is 6.20. The summed E-state index contributed by atoms with van der Waals surface area (Å²) in [5.74, 6) is 0.340. The van der Waals surface area contributed by atoms with Crippen molar-refractivity contribution >= 4 is 17.6 Å². The van der Waals surface area contributed by atoms with Crippen LogP contribution in [0.1, 0.15) is 105 Å². The highest BCUT2D eigenvalue weighted by Crippen LogP contribution is 2.12. The van der Waals surface area contributed by atoms with Gasteiger partial charge in [-0.15, -0.1) is 0 Å². The summed E-state index contributed by atoms with van der Waals surface area (Å²) in [4.78, 5) is 28.6. The average Bonchev–Trinajstić information content (AvgIpc) is 3.29. The molecule has 0 aliphatic carbocycles. The lowest BCUT2D eigenvalue weighted by atomic mass is 10.0. The van der Waals surface area contributed by atoms with Crippen molar-refractivity contribution < 1.29 is 19.1 Å². The standard InChI is InChI=1S/C26H45N3O4/c1-22(2)15-11-7-5-9-13-17-32-25(30)19-24(29-21-27-20-28-29)26(31)33-18-14-10-6-8-12-16-23(3)4/h19-23H,5-18H2,1-4H3. The highest BCUT2D eigenvalue weighted by atomic mass is 16.5. The summed E-state index contributed by atoms with van der Waals surface area (Å²) in [6.07, 6.45) is 17.2. The second kappa shape index (κ2) is 18.3. The molecule has 7 nitrogen and oxygen atoms in total. The highest BCUT2D eigenvalue weighted by Gasteiger charge is 2.17. The Balaban J connectivity index is 2.32. The van der Waals surface area contributed by atoms with E-state index >= 15 is 0 Å². The van der Waals surface area contributed by atoms with Crippen LogP contribution in [0.3, 0.4) is 0 Å². The Morgan fingerprint density at radius 3 is 1.82 bits per heavy atom. The molecular weight excluding hydrogens is 418 g/mol. The topological polar surface area (TPSA) is 83.3 Å². The molecule has 0 aromatic carbocycles. The van der Waals surface area contributed by atoms with Crippen molar-refractivity contribution in [3.05, 3.63) is 18.7 Å². The Morgan fingerprint density at radius 1 is 0.788 bits per heavy atom. The third-order valence-electron chi connectivity index (χ3n) is 5.46. The first-order chi connectivity index (χ1) is 15.9. The minimum absolute atomic E-state index is 0.0168. The van der Waals surface area contributed by atoms with E-state index in [1.807, 2.05) is 0 Å². The second-order valence-electron chi connectivity index (χ2n) is 9.57. The summed E-state index contributed by atoms with van der Waals surface area (Å²) < 4.78 is 11.9. The molecule has 0 amide bonds. The molecular formula is C26H45N3O4. The Hall–Kier alpha value is -2.18. The van der Waals surface area contributed by atoms with Crippen LogP contribution in [0.15, 0.2) is 18.7 Å². The van der Waals surface area contributed by atoms with E-state index < -0.39 is 11.9 Å². The van der Waals surface area contributed by atoms with Crippen molar-refractivity contribution in [3.63, 3.8) is 0 Å². The van der Waals surface area contributed by atoms with Gasteiger partial charge >= 0.3 is 11.9 Å². The van der Waals surface area contributed by atoms with E-state index in [0.29, 0.717) is 13.2 Å². The monoisotopic (exact) mass is 463 g/mol. The molecule has 0 radical (unpaired) electrons. The molecule has 188 valence electrons. The molecule has 0 aliphatic rings. The average molecular weight is 464 g/mol. The Labute approximate surface area is 200 Å². The van der Waals surface area contributed by atoms with Crippen molar-refractivity contribution in [1.82, 2.24) is 14.8 Å². The first kappa shape index (κ1) is 28.9. The van der Waals surface area contributed by atoms with Crippen LogP contribution in [-0.4, -0.2) is 39.9 Å². The Bertz CT molecular complexity index is 669. The van der Waals surface area contributed by atoms with Gasteiger partial charge in [0.1, 0.15) is 12.7 Å². The van der Waals surface area contributed by atoms with Crippen LogP contribution >= 0.6 is 0 Å². The molecule has 1 aromatic heterocycles. The Morgan fingerprint density at radius 2 is 1.30 bits per heavy atom. The minimum atomic E-state index is -0.595. The van der Waals surface area contributed by atoms with Gasteiger partial charge in [0.25, 0.3) is 0 Å². The molecule has 0 saturated carbocycles. The normalized spacial score (nSPS) is 11.9. The number of nitrogens with zero attached hydrogens (tertiary/aromatic N) is 3.